The molecule has 0 atom stereocenters. The molecule has 0 spiro atoms. The van der Waals surface area contributed by atoms with Crippen molar-refractivity contribution in [2.24, 2.45) is 0 Å². The zero-order chi connectivity index (χ0) is 24.2. The minimum atomic E-state index is -2.06. The lowest BCUT2D eigenvalue weighted by molar-refractivity contribution is 0.875. The van der Waals surface area contributed by atoms with E-state index in [2.05, 4.69) is 139 Å². The minimum absolute atomic E-state index is 0.152. The molecule has 2 nitrogen and oxygen atoms in total. The van der Waals surface area contributed by atoms with E-state index in [-0.39, 0.29) is 5.82 Å². The van der Waals surface area contributed by atoms with E-state index in [9.17, 15) is 0 Å². The fourth-order valence-corrected chi connectivity index (χ4v) is 11.2. The van der Waals surface area contributed by atoms with Gasteiger partial charge in [0.1, 0.15) is 8.07 Å². The minimum Gasteiger partial charge on any atom is -0.346 e. The molecule has 0 saturated heterocycles. The summed E-state index contributed by atoms with van der Waals surface area (Å²) in [7, 11) is 0.297. The molecule has 36 heavy (non-hydrogen) atoms. The summed E-state index contributed by atoms with van der Waals surface area (Å²) in [6.45, 7) is 0. The molecule has 1 fully saturated rings. The number of aromatic nitrogens is 2. The second-order valence-corrected chi connectivity index (χ2v) is 14.1. The summed E-state index contributed by atoms with van der Waals surface area (Å²) in [6, 6.07) is 44.2. The van der Waals surface area contributed by atoms with Crippen LogP contribution in [0, 0.1) is 0 Å². The van der Waals surface area contributed by atoms with Crippen molar-refractivity contribution in [3.05, 3.63) is 145 Å². The van der Waals surface area contributed by atoms with Crippen LogP contribution in [0.5, 0.6) is 0 Å². The van der Waals surface area contributed by atoms with Crippen LogP contribution in [0.1, 0.15) is 29.8 Å². The highest BCUT2D eigenvalue weighted by Gasteiger charge is 2.50. The van der Waals surface area contributed by atoms with Crippen LogP contribution < -0.4 is 16.1 Å². The molecule has 0 bridgehead atoms. The molecule has 0 amide bonds. The van der Waals surface area contributed by atoms with Crippen LogP contribution in [0.2, 0.25) is 5.54 Å². The maximum absolute atomic E-state index is 4.89. The van der Waals surface area contributed by atoms with E-state index < -0.39 is 8.07 Å². The van der Waals surface area contributed by atoms with Gasteiger partial charge in [-0.25, -0.2) is 0 Å². The summed E-state index contributed by atoms with van der Waals surface area (Å²) >= 11 is 0. The van der Waals surface area contributed by atoms with Crippen molar-refractivity contribution >= 4 is 31.5 Å². The fraction of sp³-hybridized carbons (Fsp3) is 0.156. The number of benzene rings is 4. The molecule has 4 heteroatoms. The van der Waals surface area contributed by atoms with E-state index in [4.69, 9.17) is 4.98 Å². The molecule has 1 heterocycles. The Morgan fingerprint density at radius 1 is 0.694 bits per heavy atom. The summed E-state index contributed by atoms with van der Waals surface area (Å²) in [5.74, 6) is 0.152. The first-order chi connectivity index (χ1) is 17.8. The third-order valence-corrected chi connectivity index (χ3v) is 13.2. The molecule has 0 aliphatic heterocycles. The Kier molecular flexibility index (Phi) is 6.44. The standard InChI is InChI=1S/C32H30BN2Si/c1-5-13-26(14-6-1)31(27-15-7-2-8-16-27)33-32-34-23-24-35(32)25-36(30-21-22-30,28-17-9-3-10-18-28)29-19-11-4-12-20-29/h1-20,23-24,30-31H,21-22,25H2. The highest BCUT2D eigenvalue weighted by Crippen LogP contribution is 2.45. The highest BCUT2D eigenvalue weighted by atomic mass is 28.3. The van der Waals surface area contributed by atoms with Gasteiger partial charge in [-0.05, 0) is 22.5 Å². The predicted molar refractivity (Wildman–Crippen MR) is 153 cm³/mol. The molecule has 0 unspecified atom stereocenters. The predicted octanol–water partition coefficient (Wildman–Crippen LogP) is 4.97. The molecule has 1 radical (unpaired) electrons. The van der Waals surface area contributed by atoms with E-state index in [1.807, 2.05) is 6.20 Å². The van der Waals surface area contributed by atoms with E-state index in [0.717, 1.165) is 17.4 Å². The molecule has 1 aliphatic rings. The largest absolute Gasteiger partial charge is 0.346 e. The molecule has 1 aliphatic carbocycles. The smallest absolute Gasteiger partial charge is 0.215 e. The molecular weight excluding hydrogens is 451 g/mol. The van der Waals surface area contributed by atoms with Gasteiger partial charge in [0.15, 0.2) is 0 Å². The van der Waals surface area contributed by atoms with Gasteiger partial charge in [-0.15, -0.1) is 0 Å². The quantitative estimate of drug-likeness (QED) is 0.272. The normalized spacial score (nSPS) is 13.6. The summed E-state index contributed by atoms with van der Waals surface area (Å²) in [6.07, 6.45) is 7.81. The third kappa shape index (κ3) is 4.49. The van der Waals surface area contributed by atoms with Crippen molar-refractivity contribution in [3.8, 4) is 0 Å². The molecule has 1 aromatic heterocycles. The van der Waals surface area contributed by atoms with Crippen LogP contribution in [0.3, 0.4) is 0 Å². The molecule has 0 N–H and O–H groups in total. The van der Waals surface area contributed by atoms with Crippen LogP contribution in [0.4, 0.5) is 0 Å². The Labute approximate surface area is 215 Å². The number of nitrogens with zero attached hydrogens (tertiary/aromatic N) is 2. The van der Waals surface area contributed by atoms with Gasteiger partial charge in [0.2, 0.25) is 7.28 Å². The van der Waals surface area contributed by atoms with Gasteiger partial charge in [0.05, 0.1) is 5.72 Å². The second kappa shape index (κ2) is 10.2. The summed E-state index contributed by atoms with van der Waals surface area (Å²) < 4.78 is 2.43. The number of imidazole rings is 1. The fourth-order valence-electron chi connectivity index (χ4n) is 5.73. The first kappa shape index (κ1) is 22.8. The maximum Gasteiger partial charge on any atom is 0.215 e. The van der Waals surface area contributed by atoms with E-state index in [1.54, 1.807) is 0 Å². The molecule has 6 rings (SSSR count). The first-order valence-electron chi connectivity index (χ1n) is 12.9. The van der Waals surface area contributed by atoms with Crippen LogP contribution in [0.15, 0.2) is 134 Å². The lowest BCUT2D eigenvalue weighted by atomic mass is 9.58. The van der Waals surface area contributed by atoms with Crippen molar-refractivity contribution in [2.75, 3.05) is 0 Å². The number of rotatable bonds is 9. The molecule has 1 saturated carbocycles. The molecule has 5 aromatic rings. The molecule has 4 aromatic carbocycles. The number of hydrogen-bond acceptors (Lipinski definition) is 1. The van der Waals surface area contributed by atoms with Gasteiger partial charge in [0.25, 0.3) is 0 Å². The third-order valence-electron chi connectivity index (χ3n) is 7.65. The van der Waals surface area contributed by atoms with E-state index in [1.165, 1.54) is 34.3 Å². The zero-order valence-electron chi connectivity index (χ0n) is 20.4. The van der Waals surface area contributed by atoms with Crippen molar-refractivity contribution in [3.63, 3.8) is 0 Å². The Morgan fingerprint density at radius 3 is 1.64 bits per heavy atom. The Balaban J connectivity index is 1.41. The van der Waals surface area contributed by atoms with Gasteiger partial charge in [-0.1, -0.05) is 145 Å². The van der Waals surface area contributed by atoms with Gasteiger partial charge >= 0.3 is 0 Å². The summed E-state index contributed by atoms with van der Waals surface area (Å²) in [5.41, 5.74) is 4.39. The summed E-state index contributed by atoms with van der Waals surface area (Å²) in [5, 5.41) is 3.06. The van der Waals surface area contributed by atoms with Gasteiger partial charge in [-0.2, -0.15) is 0 Å². The van der Waals surface area contributed by atoms with Gasteiger partial charge in [0, 0.05) is 18.6 Å². The van der Waals surface area contributed by atoms with Crippen molar-refractivity contribution in [1.29, 1.82) is 0 Å². The lowest BCUT2D eigenvalue weighted by Gasteiger charge is -2.34. The average molecular weight is 482 g/mol. The first-order valence-corrected chi connectivity index (χ1v) is 15.2. The Morgan fingerprint density at radius 2 is 1.17 bits per heavy atom. The highest BCUT2D eigenvalue weighted by molar-refractivity contribution is 7.03. The second-order valence-electron chi connectivity index (χ2n) is 9.86. The lowest BCUT2D eigenvalue weighted by Crippen LogP contribution is -2.63. The number of hydrogen-bond donors (Lipinski definition) is 0. The molecular formula is C32H30BN2Si. The Bertz CT molecular complexity index is 1300. The Hall–Kier alpha value is -3.63. The zero-order valence-corrected chi connectivity index (χ0v) is 21.4. The van der Waals surface area contributed by atoms with E-state index in [0.29, 0.717) is 0 Å². The molecule has 175 valence electrons. The monoisotopic (exact) mass is 481 g/mol. The summed E-state index contributed by atoms with van der Waals surface area (Å²) in [4.78, 5) is 4.89. The SMILES string of the molecule is [B](c1nccn1C[Si](c1ccccc1)(c1ccccc1)C1CC1)C(c1ccccc1)c1ccccc1. The van der Waals surface area contributed by atoms with Gasteiger partial charge in [-0.3, -0.25) is 4.98 Å². The van der Waals surface area contributed by atoms with Crippen LogP contribution in [-0.2, 0) is 6.17 Å². The van der Waals surface area contributed by atoms with E-state index >= 15 is 0 Å². The topological polar surface area (TPSA) is 17.8 Å². The van der Waals surface area contributed by atoms with Gasteiger partial charge < -0.3 is 4.57 Å². The van der Waals surface area contributed by atoms with Crippen molar-refractivity contribution in [2.45, 2.75) is 30.4 Å². The van der Waals surface area contributed by atoms with Crippen molar-refractivity contribution in [1.82, 2.24) is 9.55 Å². The average Bonchev–Trinajstić information content (AvgIpc) is 3.72. The van der Waals surface area contributed by atoms with Crippen LogP contribution >= 0.6 is 0 Å². The van der Waals surface area contributed by atoms with Crippen molar-refractivity contribution < 1.29 is 0 Å². The maximum atomic E-state index is 4.89. The van der Waals surface area contributed by atoms with Crippen LogP contribution in [0.25, 0.3) is 0 Å². The van der Waals surface area contributed by atoms with Crippen LogP contribution in [-0.4, -0.2) is 24.9 Å².